The van der Waals surface area contributed by atoms with Crippen molar-refractivity contribution >= 4 is 15.9 Å². The molecule has 1 aliphatic carbocycles. The van der Waals surface area contributed by atoms with Gasteiger partial charge in [0, 0.05) is 50.9 Å². The van der Waals surface area contributed by atoms with Gasteiger partial charge in [-0.3, -0.25) is 9.69 Å². The number of hydrogen-bond acceptors (Lipinski definition) is 4. The third-order valence-corrected chi connectivity index (χ3v) is 8.12. The molecule has 7 heteroatoms. The fraction of sp³-hybridized carbons (Fsp3) is 0.650. The Kier molecular flexibility index (Phi) is 5.53. The minimum absolute atomic E-state index is 0.0560. The van der Waals surface area contributed by atoms with Crippen molar-refractivity contribution in [2.45, 2.75) is 49.5 Å². The molecule has 0 bridgehead atoms. The number of piperazine rings is 1. The van der Waals surface area contributed by atoms with Crippen molar-refractivity contribution in [2.75, 3.05) is 39.3 Å². The second kappa shape index (κ2) is 7.89. The standard InChI is InChI=1S/C20H29N3O3S/c24-20(22-14-12-21(13-15-22)18-7-1-2-8-18)17-6-5-9-19(16-17)27(25,26)23-10-3-4-11-23/h5-6,9,16,18H,1-4,7-8,10-15H2. The van der Waals surface area contributed by atoms with Gasteiger partial charge in [-0.15, -0.1) is 0 Å². The molecule has 1 saturated carbocycles. The Bertz CT molecular complexity index is 775. The summed E-state index contributed by atoms with van der Waals surface area (Å²) in [5, 5.41) is 0. The van der Waals surface area contributed by atoms with Gasteiger partial charge in [-0.1, -0.05) is 18.9 Å². The molecule has 148 valence electrons. The molecule has 0 spiro atoms. The van der Waals surface area contributed by atoms with Crippen molar-refractivity contribution in [3.05, 3.63) is 29.8 Å². The number of amides is 1. The predicted octanol–water partition coefficient (Wildman–Crippen LogP) is 2.17. The van der Waals surface area contributed by atoms with Crippen LogP contribution in [-0.2, 0) is 10.0 Å². The number of sulfonamides is 1. The van der Waals surface area contributed by atoms with Gasteiger partial charge in [-0.2, -0.15) is 4.31 Å². The number of hydrogen-bond donors (Lipinski definition) is 0. The van der Waals surface area contributed by atoms with Crippen LogP contribution >= 0.6 is 0 Å². The zero-order valence-corrected chi connectivity index (χ0v) is 16.7. The normalized spacial score (nSPS) is 23.2. The monoisotopic (exact) mass is 391 g/mol. The minimum Gasteiger partial charge on any atom is -0.336 e. The lowest BCUT2D eigenvalue weighted by Gasteiger charge is -2.38. The maximum atomic E-state index is 12.9. The number of benzene rings is 1. The lowest BCUT2D eigenvalue weighted by atomic mass is 10.1. The van der Waals surface area contributed by atoms with E-state index < -0.39 is 10.0 Å². The Morgan fingerprint density at radius 1 is 0.889 bits per heavy atom. The van der Waals surface area contributed by atoms with E-state index >= 15 is 0 Å². The van der Waals surface area contributed by atoms with Gasteiger partial charge in [0.1, 0.15) is 0 Å². The largest absolute Gasteiger partial charge is 0.336 e. The van der Waals surface area contributed by atoms with Gasteiger partial charge in [0.05, 0.1) is 4.90 Å². The quantitative estimate of drug-likeness (QED) is 0.789. The van der Waals surface area contributed by atoms with E-state index in [1.165, 1.54) is 30.0 Å². The highest BCUT2D eigenvalue weighted by Crippen LogP contribution is 2.25. The van der Waals surface area contributed by atoms with Gasteiger partial charge in [-0.05, 0) is 43.9 Å². The molecule has 2 aliphatic heterocycles. The number of carbonyl (C=O) groups excluding carboxylic acids is 1. The second-order valence-corrected chi connectivity index (χ2v) is 9.84. The molecule has 0 aromatic heterocycles. The average molecular weight is 392 g/mol. The molecular formula is C20H29N3O3S. The van der Waals surface area contributed by atoms with Gasteiger partial charge in [0.15, 0.2) is 0 Å². The first-order valence-corrected chi connectivity index (χ1v) is 11.6. The van der Waals surface area contributed by atoms with Crippen LogP contribution < -0.4 is 0 Å². The van der Waals surface area contributed by atoms with E-state index in [9.17, 15) is 13.2 Å². The van der Waals surface area contributed by atoms with Crippen LogP contribution in [0.3, 0.4) is 0 Å². The maximum absolute atomic E-state index is 12.9. The lowest BCUT2D eigenvalue weighted by Crippen LogP contribution is -2.51. The predicted molar refractivity (Wildman–Crippen MR) is 104 cm³/mol. The fourth-order valence-electron chi connectivity index (χ4n) is 4.61. The number of nitrogens with zero attached hydrogens (tertiary/aromatic N) is 3. The zero-order valence-electron chi connectivity index (χ0n) is 15.8. The first-order valence-electron chi connectivity index (χ1n) is 10.2. The molecule has 3 fully saturated rings. The Morgan fingerprint density at radius 3 is 2.22 bits per heavy atom. The molecule has 4 rings (SSSR count). The molecule has 0 unspecified atom stereocenters. The molecule has 0 atom stereocenters. The zero-order chi connectivity index (χ0) is 18.9. The summed E-state index contributed by atoms with van der Waals surface area (Å²) in [6, 6.07) is 7.26. The van der Waals surface area contributed by atoms with Gasteiger partial charge < -0.3 is 4.90 Å². The van der Waals surface area contributed by atoms with Crippen LogP contribution in [0.2, 0.25) is 0 Å². The molecule has 6 nitrogen and oxygen atoms in total. The van der Waals surface area contributed by atoms with Crippen LogP contribution in [0, 0.1) is 0 Å². The molecule has 1 aromatic carbocycles. The van der Waals surface area contributed by atoms with E-state index in [0.717, 1.165) is 39.0 Å². The summed E-state index contributed by atoms with van der Waals surface area (Å²) in [5.74, 6) is -0.0560. The summed E-state index contributed by atoms with van der Waals surface area (Å²) in [7, 11) is -3.49. The smallest absolute Gasteiger partial charge is 0.253 e. The molecule has 0 radical (unpaired) electrons. The molecule has 3 aliphatic rings. The average Bonchev–Trinajstić information content (AvgIpc) is 3.42. The number of rotatable bonds is 4. The van der Waals surface area contributed by atoms with Crippen LogP contribution in [0.25, 0.3) is 0 Å². The lowest BCUT2D eigenvalue weighted by molar-refractivity contribution is 0.0573. The number of carbonyl (C=O) groups is 1. The maximum Gasteiger partial charge on any atom is 0.253 e. The molecule has 2 saturated heterocycles. The molecule has 2 heterocycles. The topological polar surface area (TPSA) is 60.9 Å². The van der Waals surface area contributed by atoms with E-state index in [4.69, 9.17) is 0 Å². The van der Waals surface area contributed by atoms with Gasteiger partial charge in [0.2, 0.25) is 10.0 Å². The van der Waals surface area contributed by atoms with E-state index in [-0.39, 0.29) is 10.8 Å². The highest BCUT2D eigenvalue weighted by atomic mass is 32.2. The van der Waals surface area contributed by atoms with Crippen molar-refractivity contribution in [1.82, 2.24) is 14.1 Å². The van der Waals surface area contributed by atoms with Crippen molar-refractivity contribution in [3.63, 3.8) is 0 Å². The minimum atomic E-state index is -3.49. The van der Waals surface area contributed by atoms with Crippen LogP contribution in [0.15, 0.2) is 29.2 Å². The van der Waals surface area contributed by atoms with Gasteiger partial charge in [0.25, 0.3) is 5.91 Å². The highest BCUT2D eigenvalue weighted by molar-refractivity contribution is 7.89. The Labute approximate surface area is 162 Å². The third kappa shape index (κ3) is 3.91. The summed E-state index contributed by atoms with van der Waals surface area (Å²) in [5.41, 5.74) is 0.476. The summed E-state index contributed by atoms with van der Waals surface area (Å²) in [6.45, 7) is 4.43. The fourth-order valence-corrected chi connectivity index (χ4v) is 6.17. The summed E-state index contributed by atoms with van der Waals surface area (Å²) >= 11 is 0. The van der Waals surface area contributed by atoms with Crippen LogP contribution in [0.5, 0.6) is 0 Å². The molecular weight excluding hydrogens is 362 g/mol. The molecule has 1 amide bonds. The van der Waals surface area contributed by atoms with E-state index in [1.807, 2.05) is 4.90 Å². The Balaban J connectivity index is 1.43. The van der Waals surface area contributed by atoms with Gasteiger partial charge >= 0.3 is 0 Å². The van der Waals surface area contributed by atoms with Crippen LogP contribution in [0.4, 0.5) is 0 Å². The van der Waals surface area contributed by atoms with Crippen LogP contribution in [-0.4, -0.2) is 73.7 Å². The Morgan fingerprint density at radius 2 is 1.56 bits per heavy atom. The second-order valence-electron chi connectivity index (χ2n) is 7.91. The molecule has 0 N–H and O–H groups in total. The summed E-state index contributed by atoms with van der Waals surface area (Å²) in [4.78, 5) is 17.6. The highest BCUT2D eigenvalue weighted by Gasteiger charge is 2.30. The molecule has 27 heavy (non-hydrogen) atoms. The summed E-state index contributed by atoms with van der Waals surface area (Å²) < 4.78 is 27.1. The third-order valence-electron chi connectivity index (χ3n) is 6.23. The van der Waals surface area contributed by atoms with Crippen molar-refractivity contribution in [2.24, 2.45) is 0 Å². The van der Waals surface area contributed by atoms with Crippen LogP contribution in [0.1, 0.15) is 48.9 Å². The first-order chi connectivity index (χ1) is 13.1. The van der Waals surface area contributed by atoms with Crippen molar-refractivity contribution in [3.8, 4) is 0 Å². The van der Waals surface area contributed by atoms with E-state index in [0.29, 0.717) is 24.7 Å². The first kappa shape index (κ1) is 18.9. The Hall–Kier alpha value is -1.44. The summed E-state index contributed by atoms with van der Waals surface area (Å²) in [6.07, 6.45) is 7.02. The van der Waals surface area contributed by atoms with Crippen molar-refractivity contribution < 1.29 is 13.2 Å². The van der Waals surface area contributed by atoms with E-state index in [2.05, 4.69) is 4.90 Å². The molecule has 1 aromatic rings. The SMILES string of the molecule is O=C(c1cccc(S(=O)(=O)N2CCCC2)c1)N1CCN(C2CCCC2)CC1. The van der Waals surface area contributed by atoms with E-state index in [1.54, 1.807) is 24.3 Å². The van der Waals surface area contributed by atoms with Gasteiger partial charge in [-0.25, -0.2) is 8.42 Å². The van der Waals surface area contributed by atoms with Crippen molar-refractivity contribution in [1.29, 1.82) is 0 Å².